The molecule has 72 valence electrons. The molecule has 1 rings (SSSR count). The van der Waals surface area contributed by atoms with Crippen molar-refractivity contribution in [2.75, 3.05) is 5.75 Å². The summed E-state index contributed by atoms with van der Waals surface area (Å²) in [4.78, 5) is 8.43. The maximum atomic E-state index is 5.81. The van der Waals surface area contributed by atoms with E-state index in [-0.39, 0.29) is 0 Å². The summed E-state index contributed by atoms with van der Waals surface area (Å²) in [6, 6.07) is 0. The van der Waals surface area contributed by atoms with E-state index in [1.807, 2.05) is 18.7 Å². The van der Waals surface area contributed by atoms with Crippen LogP contribution >= 0.6 is 23.4 Å². The molecule has 0 spiro atoms. The second-order valence-electron chi connectivity index (χ2n) is 2.77. The van der Waals surface area contributed by atoms with Crippen molar-refractivity contribution in [3.8, 4) is 0 Å². The van der Waals surface area contributed by atoms with Crippen LogP contribution in [0.3, 0.4) is 0 Å². The van der Waals surface area contributed by atoms with Crippen molar-refractivity contribution >= 4 is 23.4 Å². The molecule has 0 radical (unpaired) electrons. The molecule has 0 saturated heterocycles. The van der Waals surface area contributed by atoms with Gasteiger partial charge in [0.2, 0.25) is 0 Å². The summed E-state index contributed by atoms with van der Waals surface area (Å²) in [5.74, 6) is 2.91. The molecule has 0 N–H and O–H groups in total. The fourth-order valence-electron chi connectivity index (χ4n) is 0.878. The summed E-state index contributed by atoms with van der Waals surface area (Å²) in [7, 11) is 0. The van der Waals surface area contributed by atoms with Gasteiger partial charge in [0, 0.05) is 6.20 Å². The third kappa shape index (κ3) is 3.53. The van der Waals surface area contributed by atoms with Gasteiger partial charge in [-0.15, -0.1) is 0 Å². The largest absolute Gasteiger partial charge is 0.239 e. The molecule has 1 heterocycles. The average molecular weight is 217 g/mol. The van der Waals surface area contributed by atoms with Crippen LogP contribution in [0.5, 0.6) is 0 Å². The van der Waals surface area contributed by atoms with Crippen molar-refractivity contribution in [2.24, 2.45) is 0 Å². The number of halogens is 1. The standard InChI is InChI=1S/C9H13ClN2S/c1-3-4-13-6-9-11-5-8(10)7(2)12-9/h5H,3-4,6H2,1-2H3. The molecule has 0 saturated carbocycles. The fourth-order valence-corrected chi connectivity index (χ4v) is 1.72. The molecular weight excluding hydrogens is 204 g/mol. The first-order valence-electron chi connectivity index (χ1n) is 4.29. The second kappa shape index (κ2) is 5.45. The van der Waals surface area contributed by atoms with Gasteiger partial charge >= 0.3 is 0 Å². The first-order chi connectivity index (χ1) is 6.24. The lowest BCUT2D eigenvalue weighted by molar-refractivity contribution is 0.992. The van der Waals surface area contributed by atoms with Gasteiger partial charge < -0.3 is 0 Å². The smallest absolute Gasteiger partial charge is 0.138 e. The summed E-state index contributed by atoms with van der Waals surface area (Å²) in [5, 5.41) is 0.643. The minimum absolute atomic E-state index is 0.643. The molecule has 13 heavy (non-hydrogen) atoms. The number of hydrogen-bond donors (Lipinski definition) is 0. The predicted molar refractivity (Wildman–Crippen MR) is 58.2 cm³/mol. The van der Waals surface area contributed by atoms with Crippen LogP contribution in [0.1, 0.15) is 24.9 Å². The summed E-state index contributed by atoms with van der Waals surface area (Å²) in [6.45, 7) is 4.07. The molecule has 2 nitrogen and oxygen atoms in total. The van der Waals surface area contributed by atoms with E-state index in [4.69, 9.17) is 11.6 Å². The number of aryl methyl sites for hydroxylation is 1. The lowest BCUT2D eigenvalue weighted by Gasteiger charge is -2.01. The van der Waals surface area contributed by atoms with Crippen LogP contribution in [-0.4, -0.2) is 15.7 Å². The first-order valence-corrected chi connectivity index (χ1v) is 5.83. The average Bonchev–Trinajstić information content (AvgIpc) is 2.12. The number of hydrogen-bond acceptors (Lipinski definition) is 3. The van der Waals surface area contributed by atoms with Gasteiger partial charge in [-0.05, 0) is 19.1 Å². The molecule has 0 fully saturated rings. The first kappa shape index (κ1) is 10.8. The van der Waals surface area contributed by atoms with Gasteiger partial charge in [0.15, 0.2) is 0 Å². The molecule has 0 bridgehead atoms. The Balaban J connectivity index is 2.53. The van der Waals surface area contributed by atoms with Crippen molar-refractivity contribution in [1.82, 2.24) is 9.97 Å². The van der Waals surface area contributed by atoms with Crippen molar-refractivity contribution in [2.45, 2.75) is 26.0 Å². The zero-order chi connectivity index (χ0) is 9.68. The zero-order valence-corrected chi connectivity index (χ0v) is 9.45. The lowest BCUT2D eigenvalue weighted by Crippen LogP contribution is -1.95. The minimum Gasteiger partial charge on any atom is -0.239 e. The number of thioether (sulfide) groups is 1. The molecule has 1 aromatic heterocycles. The van der Waals surface area contributed by atoms with E-state index in [0.717, 1.165) is 23.0 Å². The topological polar surface area (TPSA) is 25.8 Å². The molecule has 0 aliphatic carbocycles. The van der Waals surface area contributed by atoms with Crippen molar-refractivity contribution in [3.63, 3.8) is 0 Å². The Hall–Kier alpha value is -0.280. The monoisotopic (exact) mass is 216 g/mol. The van der Waals surface area contributed by atoms with Crippen LogP contribution in [0.25, 0.3) is 0 Å². The van der Waals surface area contributed by atoms with Crippen LogP contribution in [0.2, 0.25) is 5.02 Å². The molecule has 1 aromatic rings. The molecule has 0 aliphatic rings. The third-order valence-corrected chi connectivity index (χ3v) is 3.08. The summed E-state index contributed by atoms with van der Waals surface area (Å²) < 4.78 is 0. The van der Waals surface area contributed by atoms with E-state index in [9.17, 15) is 0 Å². The number of nitrogens with zero attached hydrogens (tertiary/aromatic N) is 2. The molecule has 0 aromatic carbocycles. The third-order valence-electron chi connectivity index (χ3n) is 1.55. The van der Waals surface area contributed by atoms with Gasteiger partial charge in [-0.1, -0.05) is 18.5 Å². The van der Waals surface area contributed by atoms with Gasteiger partial charge in [-0.25, -0.2) is 9.97 Å². The van der Waals surface area contributed by atoms with Crippen LogP contribution in [0, 0.1) is 6.92 Å². The molecule has 0 atom stereocenters. The van der Waals surface area contributed by atoms with Gasteiger partial charge in [0.25, 0.3) is 0 Å². The second-order valence-corrected chi connectivity index (χ2v) is 4.28. The van der Waals surface area contributed by atoms with E-state index in [2.05, 4.69) is 16.9 Å². The number of aromatic nitrogens is 2. The van der Waals surface area contributed by atoms with E-state index >= 15 is 0 Å². The summed E-state index contributed by atoms with van der Waals surface area (Å²) in [6.07, 6.45) is 2.86. The highest BCUT2D eigenvalue weighted by molar-refractivity contribution is 7.98. The zero-order valence-electron chi connectivity index (χ0n) is 7.88. The van der Waals surface area contributed by atoms with Crippen molar-refractivity contribution in [1.29, 1.82) is 0 Å². The fraction of sp³-hybridized carbons (Fsp3) is 0.556. The summed E-state index contributed by atoms with van der Waals surface area (Å²) >= 11 is 7.66. The van der Waals surface area contributed by atoms with E-state index in [0.29, 0.717) is 5.02 Å². The van der Waals surface area contributed by atoms with Crippen LogP contribution in [0.4, 0.5) is 0 Å². The highest BCUT2D eigenvalue weighted by Gasteiger charge is 2.00. The molecule has 0 aliphatic heterocycles. The highest BCUT2D eigenvalue weighted by Crippen LogP contribution is 2.14. The van der Waals surface area contributed by atoms with Crippen molar-refractivity contribution in [3.05, 3.63) is 22.7 Å². The van der Waals surface area contributed by atoms with Gasteiger partial charge in [0.05, 0.1) is 16.5 Å². The lowest BCUT2D eigenvalue weighted by atomic mass is 10.4. The van der Waals surface area contributed by atoms with E-state index < -0.39 is 0 Å². The predicted octanol–water partition coefficient (Wildman–Crippen LogP) is 3.08. The van der Waals surface area contributed by atoms with E-state index in [1.54, 1.807) is 6.20 Å². The van der Waals surface area contributed by atoms with Gasteiger partial charge in [-0.3, -0.25) is 0 Å². The molecule has 0 unspecified atom stereocenters. The highest BCUT2D eigenvalue weighted by atomic mass is 35.5. The van der Waals surface area contributed by atoms with Gasteiger partial charge in [0.1, 0.15) is 5.82 Å². The Labute approximate surface area is 88.1 Å². The maximum absolute atomic E-state index is 5.81. The Bertz CT molecular complexity index is 278. The molecular formula is C9H13ClN2S. The normalized spacial score (nSPS) is 10.4. The summed E-state index contributed by atoms with van der Waals surface area (Å²) in [5.41, 5.74) is 0.865. The SMILES string of the molecule is CCCSCc1ncc(Cl)c(C)n1. The van der Waals surface area contributed by atoms with Crippen LogP contribution in [-0.2, 0) is 5.75 Å². The van der Waals surface area contributed by atoms with Crippen LogP contribution in [0.15, 0.2) is 6.20 Å². The Morgan fingerprint density at radius 3 is 2.92 bits per heavy atom. The quantitative estimate of drug-likeness (QED) is 0.724. The Morgan fingerprint density at radius 1 is 1.54 bits per heavy atom. The van der Waals surface area contributed by atoms with Crippen molar-refractivity contribution < 1.29 is 0 Å². The minimum atomic E-state index is 0.643. The van der Waals surface area contributed by atoms with Gasteiger partial charge in [-0.2, -0.15) is 11.8 Å². The molecule has 0 amide bonds. The molecule has 4 heteroatoms. The maximum Gasteiger partial charge on any atom is 0.138 e. The number of rotatable bonds is 4. The Morgan fingerprint density at radius 2 is 2.31 bits per heavy atom. The Kier molecular flexibility index (Phi) is 4.53. The van der Waals surface area contributed by atoms with E-state index in [1.165, 1.54) is 6.42 Å². The van der Waals surface area contributed by atoms with Crippen LogP contribution < -0.4 is 0 Å².